The fourth-order valence-corrected chi connectivity index (χ4v) is 3.03. The molecule has 2 rings (SSSR count). The van der Waals surface area contributed by atoms with Gasteiger partial charge in [0.05, 0.1) is 4.92 Å². The number of piperidine rings is 1. The Bertz CT molecular complexity index is 493. The number of halogens is 1. The first-order chi connectivity index (χ1) is 9.49. The Morgan fingerprint density at radius 1 is 1.55 bits per heavy atom. The summed E-state index contributed by atoms with van der Waals surface area (Å²) in [6, 6.07) is 5.47. The van der Waals surface area contributed by atoms with Crippen molar-refractivity contribution in [3.63, 3.8) is 0 Å². The molecular formula is C14H20ClN3O2. The summed E-state index contributed by atoms with van der Waals surface area (Å²) in [5.74, 6) is 0. The lowest BCUT2D eigenvalue weighted by Gasteiger charge is -2.38. The molecule has 0 amide bonds. The molecule has 5 nitrogen and oxygen atoms in total. The van der Waals surface area contributed by atoms with Crippen LogP contribution in [0.2, 0.25) is 5.02 Å². The SMILES string of the molecule is CC(N)C1CCCCN1Cc1ccc(Cl)c([N+](=O)[O-])c1. The molecule has 1 aromatic rings. The van der Waals surface area contributed by atoms with E-state index in [0.29, 0.717) is 12.6 Å². The summed E-state index contributed by atoms with van der Waals surface area (Å²) >= 11 is 5.84. The van der Waals surface area contributed by atoms with Crippen LogP contribution in [0.1, 0.15) is 31.7 Å². The average molecular weight is 298 g/mol. The minimum absolute atomic E-state index is 0.0291. The molecule has 0 bridgehead atoms. The molecule has 1 fully saturated rings. The van der Waals surface area contributed by atoms with Gasteiger partial charge in [0.2, 0.25) is 0 Å². The number of rotatable bonds is 4. The summed E-state index contributed by atoms with van der Waals surface area (Å²) in [7, 11) is 0. The van der Waals surface area contributed by atoms with Crippen molar-refractivity contribution in [3.8, 4) is 0 Å². The van der Waals surface area contributed by atoms with Crippen molar-refractivity contribution in [2.45, 2.75) is 44.8 Å². The van der Waals surface area contributed by atoms with Crippen molar-refractivity contribution in [3.05, 3.63) is 38.9 Å². The van der Waals surface area contributed by atoms with Gasteiger partial charge in [-0.3, -0.25) is 15.0 Å². The van der Waals surface area contributed by atoms with E-state index in [1.165, 1.54) is 6.42 Å². The van der Waals surface area contributed by atoms with E-state index in [-0.39, 0.29) is 16.8 Å². The van der Waals surface area contributed by atoms with Crippen molar-refractivity contribution in [2.24, 2.45) is 5.73 Å². The predicted octanol–water partition coefficient (Wildman–Crippen LogP) is 2.95. The summed E-state index contributed by atoms with van der Waals surface area (Å²) in [4.78, 5) is 12.8. The molecule has 0 aliphatic carbocycles. The summed E-state index contributed by atoms with van der Waals surface area (Å²) in [5.41, 5.74) is 6.92. The zero-order chi connectivity index (χ0) is 14.7. The topological polar surface area (TPSA) is 72.4 Å². The maximum atomic E-state index is 10.9. The highest BCUT2D eigenvalue weighted by Gasteiger charge is 2.25. The number of likely N-dealkylation sites (tertiary alicyclic amines) is 1. The molecule has 1 heterocycles. The van der Waals surface area contributed by atoms with Crippen molar-refractivity contribution >= 4 is 17.3 Å². The largest absolute Gasteiger partial charge is 0.327 e. The van der Waals surface area contributed by atoms with Gasteiger partial charge in [-0.25, -0.2) is 0 Å². The second-order valence-electron chi connectivity index (χ2n) is 5.44. The van der Waals surface area contributed by atoms with Crippen LogP contribution in [0.4, 0.5) is 5.69 Å². The highest BCUT2D eigenvalue weighted by atomic mass is 35.5. The van der Waals surface area contributed by atoms with Crippen molar-refractivity contribution in [2.75, 3.05) is 6.54 Å². The maximum absolute atomic E-state index is 10.9. The molecule has 6 heteroatoms. The first-order valence-corrected chi connectivity index (χ1v) is 7.29. The molecular weight excluding hydrogens is 278 g/mol. The Kier molecular flexibility index (Phi) is 4.96. The highest BCUT2D eigenvalue weighted by Crippen LogP contribution is 2.27. The Labute approximate surface area is 123 Å². The van der Waals surface area contributed by atoms with Gasteiger partial charge in [-0.1, -0.05) is 24.1 Å². The minimum Gasteiger partial charge on any atom is -0.327 e. The van der Waals surface area contributed by atoms with Crippen LogP contribution in [0.25, 0.3) is 0 Å². The smallest absolute Gasteiger partial charge is 0.288 e. The minimum atomic E-state index is -0.439. The maximum Gasteiger partial charge on any atom is 0.288 e. The highest BCUT2D eigenvalue weighted by molar-refractivity contribution is 6.32. The molecule has 1 aromatic carbocycles. The zero-order valence-electron chi connectivity index (χ0n) is 11.6. The van der Waals surface area contributed by atoms with Gasteiger partial charge in [-0.2, -0.15) is 0 Å². The number of benzene rings is 1. The second-order valence-corrected chi connectivity index (χ2v) is 5.84. The van der Waals surface area contributed by atoms with E-state index >= 15 is 0 Å². The van der Waals surface area contributed by atoms with E-state index in [9.17, 15) is 10.1 Å². The van der Waals surface area contributed by atoms with Crippen molar-refractivity contribution in [1.29, 1.82) is 0 Å². The van der Waals surface area contributed by atoms with Crippen LogP contribution in [0.3, 0.4) is 0 Å². The third-order valence-corrected chi connectivity index (χ3v) is 4.18. The molecule has 0 saturated carbocycles. The lowest BCUT2D eigenvalue weighted by atomic mass is 9.96. The molecule has 110 valence electrons. The monoisotopic (exact) mass is 297 g/mol. The molecule has 2 N–H and O–H groups in total. The fourth-order valence-electron chi connectivity index (χ4n) is 2.84. The van der Waals surface area contributed by atoms with Crippen LogP contribution in [-0.4, -0.2) is 28.5 Å². The fraction of sp³-hybridized carbons (Fsp3) is 0.571. The molecule has 1 saturated heterocycles. The molecule has 2 unspecified atom stereocenters. The molecule has 20 heavy (non-hydrogen) atoms. The van der Waals surface area contributed by atoms with Gasteiger partial charge >= 0.3 is 0 Å². The van der Waals surface area contributed by atoms with E-state index in [0.717, 1.165) is 24.9 Å². The summed E-state index contributed by atoms with van der Waals surface area (Å²) in [6.45, 7) is 3.69. The predicted molar refractivity (Wildman–Crippen MR) is 79.8 cm³/mol. The normalized spacial score (nSPS) is 21.6. The Hall–Kier alpha value is -1.17. The Morgan fingerprint density at radius 3 is 2.95 bits per heavy atom. The van der Waals surface area contributed by atoms with Crippen LogP contribution in [0.5, 0.6) is 0 Å². The lowest BCUT2D eigenvalue weighted by molar-refractivity contribution is -0.384. The van der Waals surface area contributed by atoms with Crippen LogP contribution in [0, 0.1) is 10.1 Å². The van der Waals surface area contributed by atoms with Crippen molar-refractivity contribution in [1.82, 2.24) is 4.90 Å². The van der Waals surface area contributed by atoms with Gasteiger partial charge in [-0.15, -0.1) is 0 Å². The quantitative estimate of drug-likeness (QED) is 0.685. The van der Waals surface area contributed by atoms with E-state index in [1.807, 2.05) is 13.0 Å². The van der Waals surface area contributed by atoms with Crippen LogP contribution < -0.4 is 5.73 Å². The van der Waals surface area contributed by atoms with Gasteiger partial charge < -0.3 is 5.73 Å². The third-order valence-electron chi connectivity index (χ3n) is 3.86. The third kappa shape index (κ3) is 3.48. The van der Waals surface area contributed by atoms with Crippen molar-refractivity contribution < 1.29 is 4.92 Å². The Morgan fingerprint density at radius 2 is 2.30 bits per heavy atom. The Balaban J connectivity index is 2.16. The van der Waals surface area contributed by atoms with Crippen LogP contribution in [0.15, 0.2) is 18.2 Å². The lowest BCUT2D eigenvalue weighted by Crippen LogP contribution is -2.48. The first kappa shape index (κ1) is 15.2. The molecule has 1 aliphatic rings. The first-order valence-electron chi connectivity index (χ1n) is 6.91. The molecule has 1 aliphatic heterocycles. The van der Waals surface area contributed by atoms with E-state index in [4.69, 9.17) is 17.3 Å². The number of nitro groups is 1. The van der Waals surface area contributed by atoms with Gasteiger partial charge in [0.1, 0.15) is 5.02 Å². The summed E-state index contributed by atoms with van der Waals surface area (Å²) < 4.78 is 0. The number of nitro benzene ring substituents is 1. The zero-order valence-corrected chi connectivity index (χ0v) is 12.3. The molecule has 0 spiro atoms. The number of hydrogen-bond donors (Lipinski definition) is 1. The number of nitrogens with two attached hydrogens (primary N) is 1. The van der Waals surface area contributed by atoms with E-state index in [1.54, 1.807) is 12.1 Å². The van der Waals surface area contributed by atoms with E-state index in [2.05, 4.69) is 4.90 Å². The average Bonchev–Trinajstić information content (AvgIpc) is 2.41. The summed E-state index contributed by atoms with van der Waals surface area (Å²) in [5, 5.41) is 11.1. The second kappa shape index (κ2) is 6.52. The molecule has 0 aromatic heterocycles. The molecule has 0 radical (unpaired) electrons. The molecule has 2 atom stereocenters. The van der Waals surface area contributed by atoms with Gasteiger partial charge in [-0.05, 0) is 37.9 Å². The van der Waals surface area contributed by atoms with Crippen LogP contribution >= 0.6 is 11.6 Å². The number of nitrogens with zero attached hydrogens (tertiary/aromatic N) is 2. The summed E-state index contributed by atoms with van der Waals surface area (Å²) in [6.07, 6.45) is 3.44. The van der Waals surface area contributed by atoms with Gasteiger partial charge in [0, 0.05) is 24.7 Å². The van der Waals surface area contributed by atoms with Gasteiger partial charge in [0.15, 0.2) is 0 Å². The number of hydrogen-bond acceptors (Lipinski definition) is 4. The standard InChI is InChI=1S/C14H20ClN3O2/c1-10(16)13-4-2-3-7-17(13)9-11-5-6-12(15)14(8-11)18(19)20/h5-6,8,10,13H,2-4,7,9,16H2,1H3. The van der Waals surface area contributed by atoms with Gasteiger partial charge in [0.25, 0.3) is 5.69 Å². The van der Waals surface area contributed by atoms with E-state index < -0.39 is 4.92 Å². The van der Waals surface area contributed by atoms with Crippen LogP contribution in [-0.2, 0) is 6.54 Å².